The molecule has 0 spiro atoms. The number of ether oxygens (including phenoxy) is 1. The van der Waals surface area contributed by atoms with Gasteiger partial charge in [-0.25, -0.2) is 4.98 Å². The van der Waals surface area contributed by atoms with Gasteiger partial charge in [-0.2, -0.15) is 0 Å². The lowest BCUT2D eigenvalue weighted by molar-refractivity contribution is -0.140. The number of thioether (sulfide) groups is 1. The van der Waals surface area contributed by atoms with E-state index in [9.17, 15) is 4.79 Å². The molecule has 1 fully saturated rings. The van der Waals surface area contributed by atoms with Crippen molar-refractivity contribution in [1.82, 2.24) is 9.55 Å². The summed E-state index contributed by atoms with van der Waals surface area (Å²) in [7, 11) is 1.42. The van der Waals surface area contributed by atoms with Crippen LogP contribution in [0.3, 0.4) is 0 Å². The van der Waals surface area contributed by atoms with Crippen molar-refractivity contribution in [3.8, 4) is 5.69 Å². The summed E-state index contributed by atoms with van der Waals surface area (Å²) in [6.07, 6.45) is 2.50. The van der Waals surface area contributed by atoms with Crippen molar-refractivity contribution in [2.75, 3.05) is 7.11 Å². The third kappa shape index (κ3) is 4.09. The number of carbonyl (C=O) groups is 1. The second kappa shape index (κ2) is 9.06. The molecule has 0 bridgehead atoms. The first-order valence-corrected chi connectivity index (χ1v) is 12.9. The van der Waals surface area contributed by atoms with Crippen LogP contribution in [0, 0.1) is 0 Å². The first-order chi connectivity index (χ1) is 17.1. The van der Waals surface area contributed by atoms with E-state index in [0.29, 0.717) is 10.9 Å². The predicted molar refractivity (Wildman–Crippen MR) is 143 cm³/mol. The largest absolute Gasteiger partial charge is 0.468 e. The predicted octanol–water partition coefficient (Wildman–Crippen LogP) is 7.72. The molecule has 4 aromatic carbocycles. The van der Waals surface area contributed by atoms with Crippen LogP contribution in [0.15, 0.2) is 90.1 Å². The second-order valence-corrected chi connectivity index (χ2v) is 10.3. The van der Waals surface area contributed by atoms with Gasteiger partial charge in [-0.15, -0.1) is 0 Å². The second-order valence-electron chi connectivity index (χ2n) is 8.78. The molecule has 1 aliphatic carbocycles. The fourth-order valence-corrected chi connectivity index (χ4v) is 5.95. The SMILES string of the molecule is COC(=O)C(Sc1nc2ccccc2n1-c1ccc(C2CC2)c2ccccc12)c1ccc(Cl)cc1. The van der Waals surface area contributed by atoms with Gasteiger partial charge in [-0.05, 0) is 65.6 Å². The first kappa shape index (κ1) is 22.2. The Labute approximate surface area is 212 Å². The maximum absolute atomic E-state index is 12.9. The molecule has 5 aromatic rings. The molecule has 0 N–H and O–H groups in total. The number of para-hydroxylation sites is 2. The molecule has 6 rings (SSSR count). The van der Waals surface area contributed by atoms with Crippen molar-refractivity contribution in [3.63, 3.8) is 0 Å². The van der Waals surface area contributed by atoms with Gasteiger partial charge in [0, 0.05) is 10.4 Å². The van der Waals surface area contributed by atoms with Gasteiger partial charge in [-0.3, -0.25) is 9.36 Å². The Balaban J connectivity index is 1.54. The summed E-state index contributed by atoms with van der Waals surface area (Å²) in [6.45, 7) is 0. The Bertz CT molecular complexity index is 1560. The highest BCUT2D eigenvalue weighted by Crippen LogP contribution is 2.45. The van der Waals surface area contributed by atoms with Gasteiger partial charge in [0.2, 0.25) is 0 Å². The summed E-state index contributed by atoms with van der Waals surface area (Å²) in [5.41, 5.74) is 5.17. The number of nitrogens with zero attached hydrogens (tertiary/aromatic N) is 2. The van der Waals surface area contributed by atoms with E-state index < -0.39 is 5.25 Å². The van der Waals surface area contributed by atoms with E-state index in [1.807, 2.05) is 30.3 Å². The normalized spacial score (nSPS) is 14.3. The van der Waals surface area contributed by atoms with Crippen LogP contribution in [0.4, 0.5) is 0 Å². The molecular formula is C29H23ClN2O2S. The van der Waals surface area contributed by atoms with Gasteiger partial charge in [0.05, 0.1) is 23.8 Å². The molecule has 0 amide bonds. The summed E-state index contributed by atoms with van der Waals surface area (Å²) in [4.78, 5) is 17.8. The Morgan fingerprint density at radius 1 is 0.971 bits per heavy atom. The molecular weight excluding hydrogens is 476 g/mol. The Morgan fingerprint density at radius 2 is 1.69 bits per heavy atom. The molecule has 6 heteroatoms. The van der Waals surface area contributed by atoms with Crippen LogP contribution >= 0.6 is 23.4 Å². The quantitative estimate of drug-likeness (QED) is 0.177. The maximum Gasteiger partial charge on any atom is 0.323 e. The number of fused-ring (bicyclic) bond motifs is 2. The Kier molecular flexibility index (Phi) is 5.75. The topological polar surface area (TPSA) is 44.1 Å². The third-order valence-electron chi connectivity index (χ3n) is 6.53. The van der Waals surface area contributed by atoms with Gasteiger partial charge in [0.15, 0.2) is 5.16 Å². The average molecular weight is 499 g/mol. The van der Waals surface area contributed by atoms with Gasteiger partial charge >= 0.3 is 5.97 Å². The molecule has 1 aliphatic rings. The lowest BCUT2D eigenvalue weighted by atomic mass is 9.99. The number of halogens is 1. The van der Waals surface area contributed by atoms with Crippen LogP contribution in [-0.4, -0.2) is 22.6 Å². The fraction of sp³-hybridized carbons (Fsp3) is 0.172. The number of carbonyl (C=O) groups excluding carboxylic acids is 1. The lowest BCUT2D eigenvalue weighted by Crippen LogP contribution is -2.12. The van der Waals surface area contributed by atoms with Gasteiger partial charge in [0.25, 0.3) is 0 Å². The molecule has 174 valence electrons. The van der Waals surface area contributed by atoms with E-state index in [-0.39, 0.29) is 5.97 Å². The number of rotatable bonds is 6. The van der Waals surface area contributed by atoms with E-state index in [1.165, 1.54) is 48.0 Å². The highest BCUT2D eigenvalue weighted by atomic mass is 35.5. The average Bonchev–Trinajstić information content (AvgIpc) is 3.67. The van der Waals surface area contributed by atoms with E-state index in [4.69, 9.17) is 21.3 Å². The van der Waals surface area contributed by atoms with Gasteiger partial charge in [-0.1, -0.05) is 78.0 Å². The highest BCUT2D eigenvalue weighted by molar-refractivity contribution is 8.00. The van der Waals surface area contributed by atoms with Gasteiger partial charge < -0.3 is 4.74 Å². The molecule has 1 aromatic heterocycles. The van der Waals surface area contributed by atoms with Crippen LogP contribution < -0.4 is 0 Å². The number of methoxy groups -OCH3 is 1. The van der Waals surface area contributed by atoms with Crippen LogP contribution in [0.25, 0.3) is 27.5 Å². The number of esters is 1. The number of hydrogen-bond acceptors (Lipinski definition) is 4. The monoisotopic (exact) mass is 498 g/mol. The maximum atomic E-state index is 12.9. The van der Waals surface area contributed by atoms with Crippen LogP contribution in [0.1, 0.15) is 35.1 Å². The van der Waals surface area contributed by atoms with E-state index in [2.05, 4.69) is 47.0 Å². The van der Waals surface area contributed by atoms with Gasteiger partial charge in [0.1, 0.15) is 5.25 Å². The smallest absolute Gasteiger partial charge is 0.323 e. The first-order valence-electron chi connectivity index (χ1n) is 11.6. The molecule has 35 heavy (non-hydrogen) atoms. The third-order valence-corrected chi connectivity index (χ3v) is 7.97. The van der Waals surface area contributed by atoms with Crippen molar-refractivity contribution in [2.45, 2.75) is 29.2 Å². The van der Waals surface area contributed by atoms with Crippen molar-refractivity contribution in [1.29, 1.82) is 0 Å². The van der Waals surface area contributed by atoms with E-state index >= 15 is 0 Å². The van der Waals surface area contributed by atoms with E-state index in [1.54, 1.807) is 12.1 Å². The number of benzene rings is 4. The lowest BCUT2D eigenvalue weighted by Gasteiger charge is -2.18. The minimum absolute atomic E-state index is 0.329. The number of imidazole rings is 1. The van der Waals surface area contributed by atoms with Crippen molar-refractivity contribution in [2.24, 2.45) is 0 Å². The number of aromatic nitrogens is 2. The summed E-state index contributed by atoms with van der Waals surface area (Å²) in [5.74, 6) is 0.320. The van der Waals surface area contributed by atoms with Crippen molar-refractivity contribution >= 4 is 51.1 Å². The zero-order valence-electron chi connectivity index (χ0n) is 19.1. The summed E-state index contributed by atoms with van der Waals surface area (Å²) >= 11 is 7.50. The van der Waals surface area contributed by atoms with E-state index in [0.717, 1.165) is 27.4 Å². The van der Waals surface area contributed by atoms with Crippen LogP contribution in [0.2, 0.25) is 5.02 Å². The minimum atomic E-state index is -0.579. The summed E-state index contributed by atoms with van der Waals surface area (Å²) in [5, 5.41) is 3.24. The molecule has 4 nitrogen and oxygen atoms in total. The molecule has 1 heterocycles. The van der Waals surface area contributed by atoms with Crippen LogP contribution in [-0.2, 0) is 9.53 Å². The molecule has 0 aliphatic heterocycles. The van der Waals surface area contributed by atoms with Crippen LogP contribution in [0.5, 0.6) is 0 Å². The minimum Gasteiger partial charge on any atom is -0.468 e. The zero-order valence-corrected chi connectivity index (χ0v) is 20.7. The standard InChI is InChI=1S/C29H23ClN2O2S/c1-34-28(33)27(19-12-14-20(30)15-13-19)35-29-31-24-8-4-5-9-26(24)32(29)25-17-16-21(18-10-11-18)22-6-2-3-7-23(22)25/h2-9,12-18,27H,10-11H2,1H3. The highest BCUT2D eigenvalue weighted by Gasteiger charge is 2.29. The van der Waals surface area contributed by atoms with Crippen molar-refractivity contribution < 1.29 is 9.53 Å². The molecule has 0 saturated heterocycles. The molecule has 1 saturated carbocycles. The molecule has 0 radical (unpaired) electrons. The van der Waals surface area contributed by atoms with Crippen molar-refractivity contribution in [3.05, 3.63) is 101 Å². The Morgan fingerprint density at radius 3 is 2.43 bits per heavy atom. The Hall–Kier alpha value is -3.28. The molecule has 1 unspecified atom stereocenters. The molecule has 1 atom stereocenters. The number of hydrogen-bond donors (Lipinski definition) is 0. The zero-order chi connectivity index (χ0) is 23.9. The summed E-state index contributed by atoms with van der Waals surface area (Å²) in [6, 6.07) is 28.4. The summed E-state index contributed by atoms with van der Waals surface area (Å²) < 4.78 is 7.35. The fourth-order valence-electron chi connectivity index (χ4n) is 4.67.